The third-order valence-electron chi connectivity index (χ3n) is 6.44. The van der Waals surface area contributed by atoms with Crippen molar-refractivity contribution >= 4 is 11.7 Å². The minimum atomic E-state index is -0.910. The topological polar surface area (TPSA) is 66.6 Å². The lowest BCUT2D eigenvalue weighted by Gasteiger charge is -2.31. The number of benzene rings is 3. The van der Waals surface area contributed by atoms with Crippen LogP contribution in [0.25, 0.3) is 22.3 Å². The minimum Gasteiger partial charge on any atom is -0.478 e. The van der Waals surface area contributed by atoms with Crippen molar-refractivity contribution in [3.63, 3.8) is 0 Å². The first kappa shape index (κ1) is 25.5. The lowest BCUT2D eigenvalue weighted by atomic mass is 9.82. The van der Waals surface area contributed by atoms with Gasteiger partial charge in [-0.3, -0.25) is 0 Å². The predicted molar refractivity (Wildman–Crippen MR) is 144 cm³/mol. The van der Waals surface area contributed by atoms with Crippen LogP contribution in [0.2, 0.25) is 0 Å². The van der Waals surface area contributed by atoms with Gasteiger partial charge in [0.05, 0.1) is 5.56 Å². The zero-order valence-corrected chi connectivity index (χ0v) is 21.2. The highest BCUT2D eigenvalue weighted by Crippen LogP contribution is 2.38. The second-order valence-corrected chi connectivity index (χ2v) is 9.80. The number of carboxylic acids is 1. The molecule has 0 aliphatic rings. The smallest absolute Gasteiger partial charge is 0.335 e. The summed E-state index contributed by atoms with van der Waals surface area (Å²) in [5.74, 6) is -0.910. The Bertz CT molecular complexity index is 1120. The molecule has 0 aliphatic carbocycles. The summed E-state index contributed by atoms with van der Waals surface area (Å²) in [6, 6.07) is 20.5. The standard InChI is InChI=1S/C30H38N2O2/c1-6-32(7-2)28-17-16-25(20-27(28)30(3,4)5)26-19-24(15-12-22(26)9-8-18-31)21-10-13-23(14-11-21)29(33)34/h10-17,19-20H,6-9,18,31H2,1-5H3,(H,33,34). The Kier molecular flexibility index (Phi) is 8.16. The maximum absolute atomic E-state index is 11.3. The van der Waals surface area contributed by atoms with Crippen LogP contribution in [-0.2, 0) is 11.8 Å². The second kappa shape index (κ2) is 10.9. The monoisotopic (exact) mass is 458 g/mol. The Hall–Kier alpha value is -3.11. The summed E-state index contributed by atoms with van der Waals surface area (Å²) in [4.78, 5) is 13.7. The Morgan fingerprint density at radius 1 is 0.882 bits per heavy atom. The third-order valence-corrected chi connectivity index (χ3v) is 6.44. The molecule has 34 heavy (non-hydrogen) atoms. The van der Waals surface area contributed by atoms with Crippen molar-refractivity contribution in [2.24, 2.45) is 5.73 Å². The van der Waals surface area contributed by atoms with Crippen LogP contribution in [0.3, 0.4) is 0 Å². The number of nitrogens with two attached hydrogens (primary N) is 1. The first-order valence-electron chi connectivity index (χ1n) is 12.3. The fourth-order valence-corrected chi connectivity index (χ4v) is 4.48. The molecule has 0 aromatic heterocycles. The first-order valence-corrected chi connectivity index (χ1v) is 12.3. The van der Waals surface area contributed by atoms with Crippen molar-refractivity contribution in [1.82, 2.24) is 0 Å². The zero-order valence-electron chi connectivity index (χ0n) is 21.2. The summed E-state index contributed by atoms with van der Waals surface area (Å²) in [5.41, 5.74) is 14.6. The quantitative estimate of drug-likeness (QED) is 0.372. The van der Waals surface area contributed by atoms with Crippen molar-refractivity contribution in [1.29, 1.82) is 0 Å². The van der Waals surface area contributed by atoms with Crippen molar-refractivity contribution in [3.05, 3.63) is 77.4 Å². The molecule has 0 saturated carbocycles. The van der Waals surface area contributed by atoms with E-state index < -0.39 is 5.97 Å². The van der Waals surface area contributed by atoms with Gasteiger partial charge in [0, 0.05) is 18.8 Å². The molecule has 3 aromatic carbocycles. The highest BCUT2D eigenvalue weighted by molar-refractivity contribution is 5.88. The Balaban J connectivity index is 2.15. The van der Waals surface area contributed by atoms with Crippen LogP contribution >= 0.6 is 0 Å². The van der Waals surface area contributed by atoms with E-state index in [9.17, 15) is 9.90 Å². The lowest BCUT2D eigenvalue weighted by molar-refractivity contribution is 0.0697. The van der Waals surface area contributed by atoms with Crippen LogP contribution in [0.1, 0.15) is 62.5 Å². The van der Waals surface area contributed by atoms with Crippen LogP contribution in [0, 0.1) is 0 Å². The highest BCUT2D eigenvalue weighted by Gasteiger charge is 2.22. The van der Waals surface area contributed by atoms with E-state index in [0.717, 1.165) is 37.1 Å². The second-order valence-electron chi connectivity index (χ2n) is 9.80. The van der Waals surface area contributed by atoms with Gasteiger partial charge >= 0.3 is 5.97 Å². The van der Waals surface area contributed by atoms with Gasteiger partial charge in [0.25, 0.3) is 0 Å². The molecule has 0 saturated heterocycles. The maximum atomic E-state index is 11.3. The third kappa shape index (κ3) is 5.68. The highest BCUT2D eigenvalue weighted by atomic mass is 16.4. The predicted octanol–water partition coefficient (Wildman–Crippen LogP) is 6.75. The molecule has 180 valence electrons. The maximum Gasteiger partial charge on any atom is 0.335 e. The SMILES string of the molecule is CCN(CC)c1ccc(-c2cc(-c3ccc(C(=O)O)cc3)ccc2CCCN)cc1C(C)(C)C. The average Bonchev–Trinajstić information content (AvgIpc) is 2.83. The molecular weight excluding hydrogens is 420 g/mol. The Morgan fingerprint density at radius 3 is 2.06 bits per heavy atom. The molecule has 3 N–H and O–H groups in total. The molecular formula is C30H38N2O2. The molecule has 4 nitrogen and oxygen atoms in total. The lowest BCUT2D eigenvalue weighted by Crippen LogP contribution is -2.26. The molecule has 0 amide bonds. The van der Waals surface area contributed by atoms with E-state index in [1.54, 1.807) is 12.1 Å². The number of nitrogens with zero attached hydrogens (tertiary/aromatic N) is 1. The van der Waals surface area contributed by atoms with Gasteiger partial charge in [-0.1, -0.05) is 51.1 Å². The van der Waals surface area contributed by atoms with Gasteiger partial charge in [0.1, 0.15) is 0 Å². The molecule has 0 fully saturated rings. The Labute approximate surface area is 204 Å². The van der Waals surface area contributed by atoms with E-state index in [4.69, 9.17) is 5.73 Å². The average molecular weight is 459 g/mol. The molecule has 4 heteroatoms. The van der Waals surface area contributed by atoms with E-state index in [1.165, 1.54) is 27.9 Å². The largest absolute Gasteiger partial charge is 0.478 e. The van der Waals surface area contributed by atoms with Crippen LogP contribution in [0.4, 0.5) is 5.69 Å². The number of carbonyl (C=O) groups is 1. The van der Waals surface area contributed by atoms with E-state index in [0.29, 0.717) is 12.1 Å². The van der Waals surface area contributed by atoms with Gasteiger partial charge in [-0.05, 0) is 102 Å². The van der Waals surface area contributed by atoms with Crippen molar-refractivity contribution in [2.45, 2.75) is 52.9 Å². The number of carboxylic acid groups (broad SMARTS) is 1. The fourth-order valence-electron chi connectivity index (χ4n) is 4.48. The van der Waals surface area contributed by atoms with Crippen LogP contribution < -0.4 is 10.6 Å². The van der Waals surface area contributed by atoms with Crippen molar-refractivity contribution in [2.75, 3.05) is 24.5 Å². The number of hydrogen-bond acceptors (Lipinski definition) is 3. The summed E-state index contributed by atoms with van der Waals surface area (Å²) in [7, 11) is 0. The normalized spacial score (nSPS) is 11.5. The molecule has 0 bridgehead atoms. The van der Waals surface area contributed by atoms with E-state index in [2.05, 4.69) is 75.9 Å². The number of anilines is 1. The van der Waals surface area contributed by atoms with E-state index in [1.807, 2.05) is 12.1 Å². The summed E-state index contributed by atoms with van der Waals surface area (Å²) < 4.78 is 0. The number of aromatic carboxylic acids is 1. The van der Waals surface area contributed by atoms with Crippen LogP contribution in [0.5, 0.6) is 0 Å². The number of hydrogen-bond donors (Lipinski definition) is 2. The first-order chi connectivity index (χ1) is 16.2. The molecule has 0 aliphatic heterocycles. The van der Waals surface area contributed by atoms with Crippen molar-refractivity contribution in [3.8, 4) is 22.3 Å². The summed E-state index contributed by atoms with van der Waals surface area (Å²) in [6.07, 6.45) is 1.86. The molecule has 0 radical (unpaired) electrons. The van der Waals surface area contributed by atoms with E-state index in [-0.39, 0.29) is 5.41 Å². The van der Waals surface area contributed by atoms with Gasteiger partial charge in [-0.25, -0.2) is 4.79 Å². The minimum absolute atomic E-state index is 0.00955. The van der Waals surface area contributed by atoms with Gasteiger partial charge in [-0.2, -0.15) is 0 Å². The van der Waals surface area contributed by atoms with Crippen molar-refractivity contribution < 1.29 is 9.90 Å². The molecule has 0 atom stereocenters. The summed E-state index contributed by atoms with van der Waals surface area (Å²) in [5, 5.41) is 9.23. The van der Waals surface area contributed by atoms with Crippen LogP contribution in [-0.4, -0.2) is 30.7 Å². The Morgan fingerprint density at radius 2 is 1.50 bits per heavy atom. The van der Waals surface area contributed by atoms with Gasteiger partial charge in [0.15, 0.2) is 0 Å². The molecule has 3 rings (SSSR count). The zero-order chi connectivity index (χ0) is 24.9. The fraction of sp³-hybridized carbons (Fsp3) is 0.367. The molecule has 0 spiro atoms. The summed E-state index contributed by atoms with van der Waals surface area (Å²) >= 11 is 0. The number of aryl methyl sites for hydroxylation is 1. The molecule has 0 unspecified atom stereocenters. The van der Waals surface area contributed by atoms with Gasteiger partial charge < -0.3 is 15.7 Å². The molecule has 3 aromatic rings. The summed E-state index contributed by atoms with van der Waals surface area (Å²) in [6.45, 7) is 13.8. The van der Waals surface area contributed by atoms with E-state index >= 15 is 0 Å². The van der Waals surface area contributed by atoms with Crippen LogP contribution in [0.15, 0.2) is 60.7 Å². The number of rotatable bonds is 9. The van der Waals surface area contributed by atoms with Gasteiger partial charge in [-0.15, -0.1) is 0 Å². The van der Waals surface area contributed by atoms with Gasteiger partial charge in [0.2, 0.25) is 0 Å². The molecule has 0 heterocycles.